The van der Waals surface area contributed by atoms with Crippen LogP contribution in [0.2, 0.25) is 0 Å². The van der Waals surface area contributed by atoms with Gasteiger partial charge in [-0.1, -0.05) is 84.9 Å². The third-order valence-corrected chi connectivity index (χ3v) is 10.4. The van der Waals surface area contributed by atoms with E-state index in [4.69, 9.17) is 9.40 Å². The van der Waals surface area contributed by atoms with Gasteiger partial charge in [-0.05, 0) is 94.0 Å². The van der Waals surface area contributed by atoms with E-state index in [0.717, 1.165) is 61.0 Å². The molecule has 10 rings (SSSR count). The standard InChI is InChI=1S/C44H26N4OS/c1-2-15-40-35(13-1)36-24-32(17-19-41(36)50-40)30-10-5-12-34(23-30)44-47-26-46-43(48-44)33-11-4-9-29(22-33)27-7-3-8-28(21-27)31-16-18-38-37(25-31)42-39(49-38)14-6-20-45-42/h1-26H. The predicted molar refractivity (Wildman–Crippen MR) is 205 cm³/mol. The fourth-order valence-corrected chi connectivity index (χ4v) is 7.90. The number of furan rings is 1. The summed E-state index contributed by atoms with van der Waals surface area (Å²) in [6.07, 6.45) is 3.41. The fraction of sp³-hybridized carbons (Fsp3) is 0. The molecule has 4 aromatic heterocycles. The number of pyridine rings is 1. The largest absolute Gasteiger partial charge is 0.454 e. The first-order chi connectivity index (χ1) is 24.7. The molecule has 0 aliphatic rings. The van der Waals surface area contributed by atoms with E-state index in [1.54, 1.807) is 12.5 Å². The summed E-state index contributed by atoms with van der Waals surface area (Å²) in [5.74, 6) is 1.28. The molecule has 5 nitrogen and oxygen atoms in total. The molecule has 50 heavy (non-hydrogen) atoms. The summed E-state index contributed by atoms with van der Waals surface area (Å²) in [4.78, 5) is 18.7. The second-order valence-electron chi connectivity index (χ2n) is 12.3. The van der Waals surface area contributed by atoms with Gasteiger partial charge in [0.2, 0.25) is 0 Å². The van der Waals surface area contributed by atoms with Crippen LogP contribution in [0.1, 0.15) is 0 Å². The maximum Gasteiger partial charge on any atom is 0.163 e. The van der Waals surface area contributed by atoms with Crippen LogP contribution in [0.4, 0.5) is 0 Å². The lowest BCUT2D eigenvalue weighted by atomic mass is 9.97. The van der Waals surface area contributed by atoms with E-state index in [1.807, 2.05) is 35.6 Å². The van der Waals surface area contributed by atoms with Crippen LogP contribution in [0, 0.1) is 0 Å². The van der Waals surface area contributed by atoms with E-state index in [0.29, 0.717) is 11.6 Å². The maximum atomic E-state index is 6.00. The quantitative estimate of drug-likeness (QED) is 0.184. The number of aromatic nitrogens is 4. The third-order valence-electron chi connectivity index (χ3n) is 9.28. The normalized spacial score (nSPS) is 11.6. The van der Waals surface area contributed by atoms with Gasteiger partial charge >= 0.3 is 0 Å². The van der Waals surface area contributed by atoms with Crippen LogP contribution in [0.25, 0.3) is 98.4 Å². The van der Waals surface area contributed by atoms with E-state index in [2.05, 4.69) is 136 Å². The molecule has 0 radical (unpaired) electrons. The average Bonchev–Trinajstić information content (AvgIpc) is 3.76. The predicted octanol–water partition coefficient (Wildman–Crippen LogP) is 11.9. The van der Waals surface area contributed by atoms with Crippen molar-refractivity contribution in [1.29, 1.82) is 0 Å². The first-order valence-corrected chi connectivity index (χ1v) is 17.2. The van der Waals surface area contributed by atoms with Crippen LogP contribution in [0.5, 0.6) is 0 Å². The van der Waals surface area contributed by atoms with Gasteiger partial charge in [-0.3, -0.25) is 4.98 Å². The summed E-state index contributed by atoms with van der Waals surface area (Å²) < 4.78 is 8.60. The number of thiophene rings is 1. The van der Waals surface area contributed by atoms with Crippen LogP contribution >= 0.6 is 11.3 Å². The van der Waals surface area contributed by atoms with E-state index in [9.17, 15) is 0 Å². The Labute approximate surface area is 291 Å². The molecule has 6 heteroatoms. The average molecular weight is 659 g/mol. The lowest BCUT2D eigenvalue weighted by Gasteiger charge is -2.09. The van der Waals surface area contributed by atoms with Gasteiger partial charge in [0.1, 0.15) is 17.4 Å². The van der Waals surface area contributed by atoms with Crippen molar-refractivity contribution < 1.29 is 4.42 Å². The highest BCUT2D eigenvalue weighted by Crippen LogP contribution is 2.37. The Bertz CT molecular complexity index is 2710. The van der Waals surface area contributed by atoms with Crippen LogP contribution < -0.4 is 0 Å². The molecule has 0 saturated heterocycles. The highest BCUT2D eigenvalue weighted by molar-refractivity contribution is 7.25. The Morgan fingerprint density at radius 2 is 0.980 bits per heavy atom. The molecule has 4 heterocycles. The molecule has 10 aromatic rings. The minimum Gasteiger partial charge on any atom is -0.454 e. The van der Waals surface area contributed by atoms with Gasteiger partial charge in [0.15, 0.2) is 17.2 Å². The van der Waals surface area contributed by atoms with Crippen molar-refractivity contribution in [2.45, 2.75) is 0 Å². The van der Waals surface area contributed by atoms with Crippen LogP contribution in [-0.2, 0) is 0 Å². The van der Waals surface area contributed by atoms with Crippen molar-refractivity contribution in [2.24, 2.45) is 0 Å². The first kappa shape index (κ1) is 28.5. The van der Waals surface area contributed by atoms with Crippen molar-refractivity contribution in [2.75, 3.05) is 0 Å². The Balaban J connectivity index is 0.968. The Morgan fingerprint density at radius 3 is 1.70 bits per heavy atom. The van der Waals surface area contributed by atoms with Gasteiger partial charge in [-0.15, -0.1) is 11.3 Å². The van der Waals surface area contributed by atoms with Crippen molar-refractivity contribution in [3.8, 4) is 56.2 Å². The zero-order chi connectivity index (χ0) is 33.0. The maximum absolute atomic E-state index is 6.00. The second-order valence-corrected chi connectivity index (χ2v) is 13.4. The molecule has 0 fully saturated rings. The Kier molecular flexibility index (Phi) is 6.60. The van der Waals surface area contributed by atoms with Gasteiger partial charge in [0, 0.05) is 42.9 Å². The van der Waals surface area contributed by atoms with E-state index in [1.165, 1.54) is 25.7 Å². The smallest absolute Gasteiger partial charge is 0.163 e. The minimum absolute atomic E-state index is 0.634. The van der Waals surface area contributed by atoms with Gasteiger partial charge in [0.25, 0.3) is 0 Å². The summed E-state index contributed by atoms with van der Waals surface area (Å²) in [5.41, 5.74) is 11.1. The molecule has 0 unspecified atom stereocenters. The number of hydrogen-bond donors (Lipinski definition) is 0. The van der Waals surface area contributed by atoms with Crippen LogP contribution in [0.15, 0.2) is 163 Å². The summed E-state index contributed by atoms with van der Waals surface area (Å²) in [6, 6.07) is 50.9. The highest BCUT2D eigenvalue weighted by Gasteiger charge is 2.13. The molecule has 0 spiro atoms. The summed E-state index contributed by atoms with van der Waals surface area (Å²) >= 11 is 1.83. The zero-order valence-corrected chi connectivity index (χ0v) is 27.4. The van der Waals surface area contributed by atoms with Gasteiger partial charge in [-0.2, -0.15) is 0 Å². The Hall–Kier alpha value is -6.50. The van der Waals surface area contributed by atoms with Crippen molar-refractivity contribution in [3.63, 3.8) is 0 Å². The third kappa shape index (κ3) is 4.93. The molecular weight excluding hydrogens is 633 g/mol. The van der Waals surface area contributed by atoms with Gasteiger partial charge in [-0.25, -0.2) is 15.0 Å². The Morgan fingerprint density at radius 1 is 0.400 bits per heavy atom. The number of hydrogen-bond acceptors (Lipinski definition) is 6. The van der Waals surface area contributed by atoms with Crippen molar-refractivity contribution in [3.05, 3.63) is 158 Å². The zero-order valence-electron chi connectivity index (χ0n) is 26.6. The minimum atomic E-state index is 0.634. The topological polar surface area (TPSA) is 64.7 Å². The first-order valence-electron chi connectivity index (χ1n) is 16.4. The van der Waals surface area contributed by atoms with Gasteiger partial charge < -0.3 is 4.42 Å². The number of nitrogens with zero attached hydrogens (tertiary/aromatic N) is 4. The molecule has 0 saturated carbocycles. The van der Waals surface area contributed by atoms with Gasteiger partial charge in [0.05, 0.1) is 0 Å². The molecule has 0 atom stereocenters. The molecule has 0 bridgehead atoms. The monoisotopic (exact) mass is 658 g/mol. The second kappa shape index (κ2) is 11.6. The van der Waals surface area contributed by atoms with Crippen molar-refractivity contribution in [1.82, 2.24) is 19.9 Å². The molecule has 0 aliphatic heterocycles. The SMILES string of the molecule is c1cc(-c2cccc(-c3ncnc(-c4cccc(-c5ccc6sc7ccccc7c6c5)c4)n3)c2)cc(-c2ccc3oc4cccnc4c3c2)c1. The van der Waals surface area contributed by atoms with Crippen LogP contribution in [-0.4, -0.2) is 19.9 Å². The molecule has 0 amide bonds. The van der Waals surface area contributed by atoms with E-state index >= 15 is 0 Å². The summed E-state index contributed by atoms with van der Waals surface area (Å²) in [7, 11) is 0. The molecule has 0 aliphatic carbocycles. The number of benzene rings is 6. The molecular formula is C44H26N4OS. The number of rotatable bonds is 5. The van der Waals surface area contributed by atoms with E-state index < -0.39 is 0 Å². The molecule has 234 valence electrons. The van der Waals surface area contributed by atoms with Crippen molar-refractivity contribution >= 4 is 53.6 Å². The van der Waals surface area contributed by atoms with E-state index in [-0.39, 0.29) is 0 Å². The lowest BCUT2D eigenvalue weighted by molar-refractivity contribution is 0.668. The summed E-state index contributed by atoms with van der Waals surface area (Å²) in [6.45, 7) is 0. The lowest BCUT2D eigenvalue weighted by Crippen LogP contribution is -1.95. The molecule has 6 aromatic carbocycles. The highest BCUT2D eigenvalue weighted by atomic mass is 32.1. The molecule has 0 N–H and O–H groups in total. The fourth-order valence-electron chi connectivity index (χ4n) is 6.81. The van der Waals surface area contributed by atoms with Crippen LogP contribution in [0.3, 0.4) is 0 Å². The number of fused-ring (bicyclic) bond motifs is 6. The summed E-state index contributed by atoms with van der Waals surface area (Å²) in [5, 5.41) is 3.59.